The lowest BCUT2D eigenvalue weighted by Gasteiger charge is -2.13. The number of rotatable bonds is 10. The molecule has 1 aromatic carbocycles. The molecule has 1 N–H and O–H groups in total. The molecule has 0 radical (unpaired) electrons. The molecule has 0 aliphatic rings. The second-order valence-electron chi connectivity index (χ2n) is 6.19. The van der Waals surface area contributed by atoms with Gasteiger partial charge in [-0.3, -0.25) is 4.79 Å². The fraction of sp³-hybridized carbons (Fsp3) is 0.421. The summed E-state index contributed by atoms with van der Waals surface area (Å²) in [7, 11) is 1.55. The Kier molecular flexibility index (Phi) is 7.84. The number of ether oxygens (including phenoxy) is 3. The Morgan fingerprint density at radius 1 is 1.19 bits per heavy atom. The van der Waals surface area contributed by atoms with Crippen LogP contribution in [0.4, 0.5) is 8.78 Å². The van der Waals surface area contributed by atoms with Gasteiger partial charge in [0, 0.05) is 6.54 Å². The zero-order valence-corrected chi connectivity index (χ0v) is 16.3. The van der Waals surface area contributed by atoms with Crippen molar-refractivity contribution in [1.82, 2.24) is 5.32 Å². The summed E-state index contributed by atoms with van der Waals surface area (Å²) >= 11 is 1.04. The molecule has 1 amide bonds. The number of carbonyl (C=O) groups excluding carboxylic acids is 1. The van der Waals surface area contributed by atoms with Crippen molar-refractivity contribution in [3.05, 3.63) is 40.1 Å². The van der Waals surface area contributed by atoms with E-state index in [9.17, 15) is 13.6 Å². The van der Waals surface area contributed by atoms with Crippen LogP contribution >= 0.6 is 11.3 Å². The van der Waals surface area contributed by atoms with Crippen LogP contribution in [-0.4, -0.2) is 26.2 Å². The molecule has 1 aromatic heterocycles. The molecule has 27 heavy (non-hydrogen) atoms. The van der Waals surface area contributed by atoms with Crippen LogP contribution in [0.3, 0.4) is 0 Å². The molecule has 0 spiro atoms. The van der Waals surface area contributed by atoms with Crippen molar-refractivity contribution >= 4 is 17.2 Å². The standard InChI is InChI=1S/C19H23F2NO4S/c1-12(2)6-8-25-14-5-4-13(10-16(14)24-3)11-22-18(23)17-15(7-9-27-17)26-19(20)21/h4-5,7,9-10,12,19H,6,8,11H2,1-3H3,(H,22,23). The Balaban J connectivity index is 1.97. The molecule has 0 saturated heterocycles. The van der Waals surface area contributed by atoms with E-state index in [1.807, 2.05) is 6.07 Å². The molecular weight excluding hydrogens is 376 g/mol. The maximum absolute atomic E-state index is 12.4. The minimum absolute atomic E-state index is 0.107. The van der Waals surface area contributed by atoms with Crippen molar-refractivity contribution in [2.75, 3.05) is 13.7 Å². The predicted octanol–water partition coefficient (Wildman–Crippen LogP) is 4.71. The van der Waals surface area contributed by atoms with E-state index in [0.29, 0.717) is 24.0 Å². The van der Waals surface area contributed by atoms with E-state index in [1.54, 1.807) is 19.2 Å². The number of halogens is 2. The van der Waals surface area contributed by atoms with E-state index < -0.39 is 12.5 Å². The van der Waals surface area contributed by atoms with Crippen LogP contribution in [-0.2, 0) is 6.54 Å². The van der Waals surface area contributed by atoms with Crippen LogP contribution in [0.25, 0.3) is 0 Å². The molecule has 2 rings (SSSR count). The molecule has 0 bridgehead atoms. The van der Waals surface area contributed by atoms with Crippen LogP contribution in [0.2, 0.25) is 0 Å². The number of thiophene rings is 1. The largest absolute Gasteiger partial charge is 0.493 e. The van der Waals surface area contributed by atoms with Gasteiger partial charge in [-0.15, -0.1) is 11.3 Å². The van der Waals surface area contributed by atoms with Gasteiger partial charge >= 0.3 is 6.61 Å². The molecule has 5 nitrogen and oxygen atoms in total. The smallest absolute Gasteiger partial charge is 0.387 e. The van der Waals surface area contributed by atoms with E-state index >= 15 is 0 Å². The van der Waals surface area contributed by atoms with Gasteiger partial charge in [0.1, 0.15) is 10.6 Å². The third-order valence-corrected chi connectivity index (χ3v) is 4.58. The van der Waals surface area contributed by atoms with Gasteiger partial charge in [-0.25, -0.2) is 0 Å². The molecule has 8 heteroatoms. The molecular formula is C19H23F2NO4S. The lowest BCUT2D eigenvalue weighted by molar-refractivity contribution is -0.0498. The number of hydrogen-bond donors (Lipinski definition) is 1. The minimum atomic E-state index is -2.97. The molecule has 2 aromatic rings. The lowest BCUT2D eigenvalue weighted by atomic mass is 10.1. The molecule has 0 aliphatic heterocycles. The highest BCUT2D eigenvalue weighted by Crippen LogP contribution is 2.29. The zero-order chi connectivity index (χ0) is 19.8. The number of methoxy groups -OCH3 is 1. The summed E-state index contributed by atoms with van der Waals surface area (Å²) in [6.07, 6.45) is 0.935. The summed E-state index contributed by atoms with van der Waals surface area (Å²) in [6, 6.07) is 6.73. The first-order valence-electron chi connectivity index (χ1n) is 8.51. The van der Waals surface area contributed by atoms with Crippen LogP contribution in [0.1, 0.15) is 35.5 Å². The minimum Gasteiger partial charge on any atom is -0.493 e. The van der Waals surface area contributed by atoms with E-state index in [-0.39, 0.29) is 17.2 Å². The zero-order valence-electron chi connectivity index (χ0n) is 15.5. The summed E-state index contributed by atoms with van der Waals surface area (Å²) in [5, 5.41) is 4.22. The first kappa shape index (κ1) is 21.0. The van der Waals surface area contributed by atoms with Crippen molar-refractivity contribution in [2.24, 2.45) is 5.92 Å². The van der Waals surface area contributed by atoms with Crippen molar-refractivity contribution in [2.45, 2.75) is 33.4 Å². The number of alkyl halides is 2. The quantitative estimate of drug-likeness (QED) is 0.628. The van der Waals surface area contributed by atoms with Crippen LogP contribution in [0.15, 0.2) is 29.6 Å². The van der Waals surface area contributed by atoms with Gasteiger partial charge in [0.2, 0.25) is 0 Å². The average Bonchev–Trinajstić information content (AvgIpc) is 3.07. The Morgan fingerprint density at radius 2 is 1.96 bits per heavy atom. The van der Waals surface area contributed by atoms with E-state index in [2.05, 4.69) is 23.9 Å². The SMILES string of the molecule is COc1cc(CNC(=O)c2sccc2OC(F)F)ccc1OCCC(C)C. The van der Waals surface area contributed by atoms with Crippen LogP contribution in [0.5, 0.6) is 17.2 Å². The number of nitrogens with one attached hydrogen (secondary N) is 1. The highest BCUT2D eigenvalue weighted by atomic mass is 32.1. The fourth-order valence-electron chi connectivity index (χ4n) is 2.26. The van der Waals surface area contributed by atoms with Gasteiger partial charge in [-0.2, -0.15) is 8.78 Å². The molecule has 0 unspecified atom stereocenters. The number of carbonyl (C=O) groups is 1. The number of benzene rings is 1. The molecule has 1 heterocycles. The maximum atomic E-state index is 12.4. The van der Waals surface area contributed by atoms with Gasteiger partial charge in [-0.1, -0.05) is 19.9 Å². The Labute approximate surface area is 161 Å². The van der Waals surface area contributed by atoms with Crippen molar-refractivity contribution in [3.8, 4) is 17.2 Å². The van der Waals surface area contributed by atoms with Gasteiger partial charge in [0.15, 0.2) is 11.5 Å². The first-order chi connectivity index (χ1) is 12.9. The highest BCUT2D eigenvalue weighted by Gasteiger charge is 2.17. The summed E-state index contributed by atoms with van der Waals surface area (Å²) in [6.45, 7) is 2.08. The summed E-state index contributed by atoms with van der Waals surface area (Å²) in [4.78, 5) is 12.3. The van der Waals surface area contributed by atoms with Gasteiger partial charge in [0.05, 0.1) is 13.7 Å². The molecule has 0 aliphatic carbocycles. The third kappa shape index (κ3) is 6.39. The summed E-state index contributed by atoms with van der Waals surface area (Å²) < 4.78 is 40.2. The molecule has 0 fully saturated rings. The topological polar surface area (TPSA) is 56.8 Å². The lowest BCUT2D eigenvalue weighted by Crippen LogP contribution is -2.22. The summed E-state index contributed by atoms with van der Waals surface area (Å²) in [5.74, 6) is 1.15. The van der Waals surface area contributed by atoms with Crippen molar-refractivity contribution in [1.29, 1.82) is 0 Å². The van der Waals surface area contributed by atoms with E-state index in [4.69, 9.17) is 9.47 Å². The van der Waals surface area contributed by atoms with E-state index in [1.165, 1.54) is 11.4 Å². The Bertz CT molecular complexity index is 749. The second-order valence-corrected chi connectivity index (χ2v) is 7.11. The summed E-state index contributed by atoms with van der Waals surface area (Å²) in [5.41, 5.74) is 0.796. The van der Waals surface area contributed by atoms with Gasteiger partial charge in [-0.05, 0) is 41.5 Å². The van der Waals surface area contributed by atoms with E-state index in [0.717, 1.165) is 23.3 Å². The van der Waals surface area contributed by atoms with Crippen LogP contribution < -0.4 is 19.5 Å². The van der Waals surface area contributed by atoms with Crippen molar-refractivity contribution in [3.63, 3.8) is 0 Å². The second kappa shape index (κ2) is 10.1. The van der Waals surface area contributed by atoms with Gasteiger partial charge in [0.25, 0.3) is 5.91 Å². The monoisotopic (exact) mass is 399 g/mol. The predicted molar refractivity (Wildman–Crippen MR) is 100 cm³/mol. The number of hydrogen-bond acceptors (Lipinski definition) is 5. The van der Waals surface area contributed by atoms with Gasteiger partial charge < -0.3 is 19.5 Å². The number of amides is 1. The maximum Gasteiger partial charge on any atom is 0.387 e. The Hall–Kier alpha value is -2.35. The van der Waals surface area contributed by atoms with Crippen LogP contribution in [0, 0.1) is 5.92 Å². The Morgan fingerprint density at radius 3 is 2.63 bits per heavy atom. The third-order valence-electron chi connectivity index (χ3n) is 3.69. The van der Waals surface area contributed by atoms with Crippen molar-refractivity contribution < 1.29 is 27.8 Å². The highest BCUT2D eigenvalue weighted by molar-refractivity contribution is 7.12. The average molecular weight is 399 g/mol. The molecule has 0 atom stereocenters. The molecule has 148 valence electrons. The first-order valence-corrected chi connectivity index (χ1v) is 9.39. The molecule has 0 saturated carbocycles. The fourth-order valence-corrected chi connectivity index (χ4v) is 3.00. The normalized spacial score (nSPS) is 10.9.